The van der Waals surface area contributed by atoms with Crippen molar-refractivity contribution in [2.24, 2.45) is 0 Å². The van der Waals surface area contributed by atoms with E-state index in [2.05, 4.69) is 11.2 Å². The predicted octanol–water partition coefficient (Wildman–Crippen LogP) is 2.08. The third kappa shape index (κ3) is 4.04. The summed E-state index contributed by atoms with van der Waals surface area (Å²) in [6, 6.07) is 1.88. The van der Waals surface area contributed by atoms with Crippen LogP contribution in [-0.4, -0.2) is 18.2 Å². The number of ketones is 1. The van der Waals surface area contributed by atoms with Gasteiger partial charge in [-0.2, -0.15) is 0 Å². The predicted molar refractivity (Wildman–Crippen MR) is 69.2 cm³/mol. The van der Waals surface area contributed by atoms with Gasteiger partial charge in [0, 0.05) is 28.2 Å². The highest BCUT2D eigenvalue weighted by atomic mass is 32.1. The van der Waals surface area contributed by atoms with Crippen LogP contribution in [0.2, 0.25) is 0 Å². The van der Waals surface area contributed by atoms with Crippen molar-refractivity contribution < 1.29 is 9.59 Å². The maximum Gasteiger partial charge on any atom is 0.221 e. The summed E-state index contributed by atoms with van der Waals surface area (Å²) in [6.07, 6.45) is 5.44. The molecule has 17 heavy (non-hydrogen) atoms. The van der Waals surface area contributed by atoms with Crippen LogP contribution in [0.1, 0.15) is 33.0 Å². The number of Topliss-reactive ketones (excluding diaryl/α,β-unsaturated/α-hetero) is 1. The van der Waals surface area contributed by atoms with Gasteiger partial charge in [-0.25, -0.2) is 0 Å². The highest BCUT2D eigenvalue weighted by molar-refractivity contribution is 7.12. The molecule has 0 aliphatic heterocycles. The first kappa shape index (κ1) is 13.5. The minimum absolute atomic E-state index is 0.0164. The Labute approximate surface area is 105 Å². The van der Waals surface area contributed by atoms with Crippen LogP contribution in [0.25, 0.3) is 0 Å². The Morgan fingerprint density at radius 2 is 2.12 bits per heavy atom. The Hall–Kier alpha value is -1.60. The van der Waals surface area contributed by atoms with Crippen molar-refractivity contribution >= 4 is 23.0 Å². The Balaban J connectivity index is 2.48. The van der Waals surface area contributed by atoms with Gasteiger partial charge >= 0.3 is 0 Å². The Bertz CT molecular complexity index is 468. The number of nitrogens with one attached hydrogen (secondary N) is 1. The lowest BCUT2D eigenvalue weighted by molar-refractivity contribution is -0.120. The molecule has 0 spiro atoms. The zero-order chi connectivity index (χ0) is 12.8. The molecule has 0 unspecified atom stereocenters. The number of hydrogen-bond donors (Lipinski definition) is 1. The highest BCUT2D eigenvalue weighted by Gasteiger charge is 2.13. The van der Waals surface area contributed by atoms with E-state index in [1.165, 1.54) is 0 Å². The van der Waals surface area contributed by atoms with Crippen LogP contribution in [0, 0.1) is 26.2 Å². The average molecular weight is 249 g/mol. The van der Waals surface area contributed by atoms with Crippen LogP contribution in [0.5, 0.6) is 0 Å². The summed E-state index contributed by atoms with van der Waals surface area (Å²) in [7, 11) is 0. The Morgan fingerprint density at radius 1 is 1.41 bits per heavy atom. The number of rotatable bonds is 5. The fourth-order valence-corrected chi connectivity index (χ4v) is 2.45. The summed E-state index contributed by atoms with van der Waals surface area (Å²) in [5.41, 5.74) is 0.734. The molecule has 1 aromatic heterocycles. The van der Waals surface area contributed by atoms with Gasteiger partial charge in [-0.3, -0.25) is 9.59 Å². The zero-order valence-corrected chi connectivity index (χ0v) is 10.8. The fraction of sp³-hybridized carbons (Fsp3) is 0.385. The Kier molecular flexibility index (Phi) is 4.92. The first-order chi connectivity index (χ1) is 8.04. The van der Waals surface area contributed by atoms with E-state index in [1.54, 1.807) is 11.3 Å². The molecule has 4 heteroatoms. The van der Waals surface area contributed by atoms with Crippen LogP contribution in [0.3, 0.4) is 0 Å². The van der Waals surface area contributed by atoms with Gasteiger partial charge in [-0.15, -0.1) is 17.8 Å². The standard InChI is InChI=1S/C13H15NO2S/c1-4-7-14-13(16)6-5-12(15)11-8-9(2)17-10(11)3/h1,8H,5-7H2,2-3H3,(H,14,16). The lowest BCUT2D eigenvalue weighted by Crippen LogP contribution is -2.23. The minimum atomic E-state index is -0.180. The van der Waals surface area contributed by atoms with Gasteiger partial charge in [-0.05, 0) is 19.9 Å². The smallest absolute Gasteiger partial charge is 0.221 e. The van der Waals surface area contributed by atoms with Crippen molar-refractivity contribution in [3.05, 3.63) is 21.4 Å². The van der Waals surface area contributed by atoms with Gasteiger partial charge in [0.2, 0.25) is 5.91 Å². The first-order valence-corrected chi connectivity index (χ1v) is 6.16. The van der Waals surface area contributed by atoms with Crippen molar-refractivity contribution in [2.75, 3.05) is 6.54 Å². The van der Waals surface area contributed by atoms with Crippen LogP contribution < -0.4 is 5.32 Å². The normalized spacial score (nSPS) is 9.71. The SMILES string of the molecule is C#CCNC(=O)CCC(=O)c1cc(C)sc1C. The molecule has 0 saturated heterocycles. The number of hydrogen-bond acceptors (Lipinski definition) is 3. The van der Waals surface area contributed by atoms with E-state index in [1.807, 2.05) is 19.9 Å². The maximum absolute atomic E-state index is 11.8. The second kappa shape index (κ2) is 6.21. The minimum Gasteiger partial charge on any atom is -0.345 e. The van der Waals surface area contributed by atoms with Gasteiger partial charge in [0.25, 0.3) is 0 Å². The second-order valence-electron chi connectivity index (χ2n) is 3.73. The molecule has 3 nitrogen and oxygen atoms in total. The lowest BCUT2D eigenvalue weighted by atomic mass is 10.1. The topological polar surface area (TPSA) is 46.2 Å². The van der Waals surface area contributed by atoms with Crippen LogP contribution in [-0.2, 0) is 4.79 Å². The molecule has 0 aliphatic rings. The van der Waals surface area contributed by atoms with E-state index >= 15 is 0 Å². The van der Waals surface area contributed by atoms with E-state index in [4.69, 9.17) is 6.42 Å². The molecule has 0 bridgehead atoms. The summed E-state index contributed by atoms with van der Waals surface area (Å²) < 4.78 is 0. The van der Waals surface area contributed by atoms with Crippen molar-refractivity contribution in [3.63, 3.8) is 0 Å². The van der Waals surface area contributed by atoms with Gasteiger partial charge in [-0.1, -0.05) is 5.92 Å². The van der Waals surface area contributed by atoms with Crippen LogP contribution in [0.15, 0.2) is 6.07 Å². The fourth-order valence-electron chi connectivity index (χ4n) is 1.51. The summed E-state index contributed by atoms with van der Waals surface area (Å²) in [4.78, 5) is 25.2. The highest BCUT2D eigenvalue weighted by Crippen LogP contribution is 2.22. The molecule has 0 fully saturated rings. The molecule has 1 heterocycles. The molecular formula is C13H15NO2S. The first-order valence-electron chi connectivity index (χ1n) is 5.35. The maximum atomic E-state index is 11.8. The second-order valence-corrected chi connectivity index (χ2v) is 5.19. The molecule has 0 aliphatic carbocycles. The van der Waals surface area contributed by atoms with Gasteiger partial charge in [0.1, 0.15) is 0 Å². The number of amides is 1. The van der Waals surface area contributed by atoms with Crippen LogP contribution >= 0.6 is 11.3 Å². The summed E-state index contributed by atoms with van der Waals surface area (Å²) in [6.45, 7) is 4.10. The molecule has 1 amide bonds. The summed E-state index contributed by atoms with van der Waals surface area (Å²) in [5, 5.41) is 2.53. The van der Waals surface area contributed by atoms with Crippen LogP contribution in [0.4, 0.5) is 0 Å². The molecule has 1 aromatic rings. The number of terminal acetylenes is 1. The van der Waals surface area contributed by atoms with Crippen molar-refractivity contribution in [1.29, 1.82) is 0 Å². The average Bonchev–Trinajstić information content (AvgIpc) is 2.62. The molecule has 0 radical (unpaired) electrons. The van der Waals surface area contributed by atoms with E-state index < -0.39 is 0 Å². The summed E-state index contributed by atoms with van der Waals surface area (Å²) >= 11 is 1.60. The third-order valence-electron chi connectivity index (χ3n) is 2.31. The molecule has 1 rings (SSSR count). The Morgan fingerprint density at radius 3 is 2.65 bits per heavy atom. The molecule has 0 saturated carbocycles. The summed E-state index contributed by atoms with van der Waals surface area (Å²) in [5.74, 6) is 2.15. The monoisotopic (exact) mass is 249 g/mol. The van der Waals surface area contributed by atoms with E-state index in [0.717, 1.165) is 15.3 Å². The van der Waals surface area contributed by atoms with Gasteiger partial charge in [0.15, 0.2) is 5.78 Å². The van der Waals surface area contributed by atoms with Crippen molar-refractivity contribution in [1.82, 2.24) is 5.32 Å². The van der Waals surface area contributed by atoms with Crippen molar-refractivity contribution in [2.45, 2.75) is 26.7 Å². The number of carbonyl (C=O) groups excluding carboxylic acids is 2. The lowest BCUT2D eigenvalue weighted by Gasteiger charge is -2.01. The molecule has 1 N–H and O–H groups in total. The van der Waals surface area contributed by atoms with E-state index in [0.29, 0.717) is 0 Å². The molecule has 0 atom stereocenters. The number of aryl methyl sites for hydroxylation is 2. The van der Waals surface area contributed by atoms with Crippen molar-refractivity contribution in [3.8, 4) is 12.3 Å². The zero-order valence-electron chi connectivity index (χ0n) is 10.0. The van der Waals surface area contributed by atoms with E-state index in [-0.39, 0.29) is 31.1 Å². The largest absolute Gasteiger partial charge is 0.345 e. The molecule has 0 aromatic carbocycles. The van der Waals surface area contributed by atoms with Gasteiger partial charge in [0.05, 0.1) is 6.54 Å². The number of thiophene rings is 1. The quantitative estimate of drug-likeness (QED) is 0.641. The van der Waals surface area contributed by atoms with E-state index in [9.17, 15) is 9.59 Å². The molecule has 90 valence electrons. The third-order valence-corrected chi connectivity index (χ3v) is 3.27. The molecular weight excluding hydrogens is 234 g/mol. The number of carbonyl (C=O) groups is 2. The van der Waals surface area contributed by atoms with Gasteiger partial charge < -0.3 is 5.32 Å².